The minimum absolute atomic E-state index is 0.147. The highest BCUT2D eigenvalue weighted by atomic mass is 35.5. The van der Waals surface area contributed by atoms with Crippen molar-refractivity contribution in [3.8, 4) is 11.3 Å². The number of rotatable bonds is 3. The highest BCUT2D eigenvalue weighted by Crippen LogP contribution is 2.36. The fraction of sp³-hybridized carbons (Fsp3) is 0.333. The van der Waals surface area contributed by atoms with E-state index in [9.17, 15) is 0 Å². The Morgan fingerprint density at radius 3 is 2.68 bits per heavy atom. The van der Waals surface area contributed by atoms with Gasteiger partial charge in [-0.15, -0.1) is 0 Å². The molecule has 0 N–H and O–H groups in total. The van der Waals surface area contributed by atoms with Crippen molar-refractivity contribution >= 4 is 29.2 Å². The molecule has 0 saturated carbocycles. The molecule has 144 valence electrons. The van der Waals surface area contributed by atoms with E-state index in [1.54, 1.807) is 18.0 Å². The topological polar surface area (TPSA) is 54.8 Å². The second kappa shape index (κ2) is 7.68. The van der Waals surface area contributed by atoms with Crippen molar-refractivity contribution in [3.63, 3.8) is 0 Å². The Morgan fingerprint density at radius 1 is 1.11 bits per heavy atom. The molecule has 3 aromatic heterocycles. The number of halogens is 1. The molecule has 0 spiro atoms. The third-order valence-electron chi connectivity index (χ3n) is 5.17. The molecule has 0 amide bonds. The predicted molar refractivity (Wildman–Crippen MR) is 115 cm³/mol. The lowest BCUT2D eigenvalue weighted by Crippen LogP contribution is -2.35. The van der Waals surface area contributed by atoms with Crippen molar-refractivity contribution in [1.82, 2.24) is 19.9 Å². The number of anilines is 1. The van der Waals surface area contributed by atoms with Gasteiger partial charge < -0.3 is 4.90 Å². The first-order chi connectivity index (χ1) is 13.5. The average Bonchev–Trinajstić information content (AvgIpc) is 2.69. The summed E-state index contributed by atoms with van der Waals surface area (Å²) < 4.78 is 0. The lowest BCUT2D eigenvalue weighted by atomic mass is 9.99. The summed E-state index contributed by atoms with van der Waals surface area (Å²) in [7, 11) is 0. The Bertz CT molecular complexity index is 1040. The molecule has 0 bridgehead atoms. The van der Waals surface area contributed by atoms with Crippen molar-refractivity contribution in [2.45, 2.75) is 38.4 Å². The predicted octanol–water partition coefficient (Wildman–Crippen LogP) is 5.05. The van der Waals surface area contributed by atoms with Crippen LogP contribution < -0.4 is 4.90 Å². The quantitative estimate of drug-likeness (QED) is 0.444. The van der Waals surface area contributed by atoms with Gasteiger partial charge in [0.05, 0.1) is 22.5 Å². The summed E-state index contributed by atoms with van der Waals surface area (Å²) >= 11 is 8.06. The molecule has 3 aromatic rings. The molecule has 5 nitrogen and oxygen atoms in total. The molecule has 0 aliphatic carbocycles. The van der Waals surface area contributed by atoms with Crippen molar-refractivity contribution in [3.05, 3.63) is 58.1 Å². The average molecular weight is 412 g/mol. The molecule has 28 heavy (non-hydrogen) atoms. The van der Waals surface area contributed by atoms with Gasteiger partial charge in [0.1, 0.15) is 5.82 Å². The van der Waals surface area contributed by atoms with E-state index >= 15 is 0 Å². The number of hydrogen-bond donors (Lipinski definition) is 0. The molecule has 4 heterocycles. The van der Waals surface area contributed by atoms with Gasteiger partial charge in [-0.1, -0.05) is 29.4 Å². The van der Waals surface area contributed by atoms with Crippen LogP contribution in [0.3, 0.4) is 0 Å². The number of aromatic nitrogens is 4. The summed E-state index contributed by atoms with van der Waals surface area (Å²) in [6, 6.07) is 4.32. The van der Waals surface area contributed by atoms with Gasteiger partial charge in [-0.05, 0) is 44.2 Å². The van der Waals surface area contributed by atoms with E-state index in [0.717, 1.165) is 57.6 Å². The zero-order valence-electron chi connectivity index (χ0n) is 16.4. The van der Waals surface area contributed by atoms with Gasteiger partial charge in [0.2, 0.25) is 0 Å². The Balaban J connectivity index is 1.72. The number of aryl methyl sites for hydroxylation is 2. The maximum Gasteiger partial charge on any atom is 0.187 e. The number of nitrogens with zero attached hydrogens (tertiary/aromatic N) is 5. The van der Waals surface area contributed by atoms with Gasteiger partial charge in [0.15, 0.2) is 5.16 Å². The van der Waals surface area contributed by atoms with Crippen molar-refractivity contribution in [2.75, 3.05) is 17.7 Å². The molecule has 0 aromatic carbocycles. The van der Waals surface area contributed by atoms with Gasteiger partial charge in [-0.2, -0.15) is 0 Å². The minimum Gasteiger partial charge on any atom is -0.349 e. The van der Waals surface area contributed by atoms with Crippen LogP contribution in [0, 0.1) is 13.8 Å². The molecule has 0 saturated heterocycles. The van der Waals surface area contributed by atoms with E-state index in [1.807, 2.05) is 31.6 Å². The van der Waals surface area contributed by atoms with E-state index in [2.05, 4.69) is 44.7 Å². The second-order valence-electron chi connectivity index (χ2n) is 7.08. The zero-order chi connectivity index (χ0) is 19.8. The standard InChI is InChI=1S/C21H22ClN5S/c1-12-7-13(2)20(24-9-12)15-8-19(23-11-17(15)22)27-6-5-18-16(14(27)3)10-25-21(26-18)28-4/h7-11,14H,5-6H2,1-4H3/t14-/m1/s1. The number of hydrogen-bond acceptors (Lipinski definition) is 6. The summed E-state index contributed by atoms with van der Waals surface area (Å²) in [6.45, 7) is 7.13. The molecular formula is C21H22ClN5S. The fourth-order valence-corrected chi connectivity index (χ4v) is 4.27. The summed E-state index contributed by atoms with van der Waals surface area (Å²) in [5, 5.41) is 1.44. The van der Waals surface area contributed by atoms with Gasteiger partial charge in [-0.3, -0.25) is 4.98 Å². The SMILES string of the molecule is CSc1ncc2c(n1)CCN(c1cc(-c3ncc(C)cc3C)c(Cl)cn1)[C@@H]2C. The Morgan fingerprint density at radius 2 is 1.93 bits per heavy atom. The zero-order valence-corrected chi connectivity index (χ0v) is 18.0. The van der Waals surface area contributed by atoms with Crippen molar-refractivity contribution in [2.24, 2.45) is 0 Å². The maximum absolute atomic E-state index is 6.49. The molecule has 7 heteroatoms. The molecule has 0 unspecified atom stereocenters. The van der Waals surface area contributed by atoms with Crippen molar-refractivity contribution < 1.29 is 0 Å². The van der Waals surface area contributed by atoms with Crippen LogP contribution in [-0.4, -0.2) is 32.7 Å². The molecule has 0 fully saturated rings. The van der Waals surface area contributed by atoms with E-state index in [4.69, 9.17) is 11.6 Å². The van der Waals surface area contributed by atoms with Crippen LogP contribution >= 0.6 is 23.4 Å². The van der Waals surface area contributed by atoms with E-state index < -0.39 is 0 Å². The van der Waals surface area contributed by atoms with Gasteiger partial charge in [0.25, 0.3) is 0 Å². The normalized spacial score (nSPS) is 16.2. The van der Waals surface area contributed by atoms with Crippen LogP contribution in [0.4, 0.5) is 5.82 Å². The highest BCUT2D eigenvalue weighted by Gasteiger charge is 2.27. The summed E-state index contributed by atoms with van der Waals surface area (Å²) in [5.41, 5.74) is 6.35. The molecule has 1 aliphatic rings. The summed E-state index contributed by atoms with van der Waals surface area (Å²) in [5.74, 6) is 0.897. The first kappa shape index (κ1) is 19.2. The minimum atomic E-state index is 0.147. The monoisotopic (exact) mass is 411 g/mol. The third-order valence-corrected chi connectivity index (χ3v) is 6.04. The lowest BCUT2D eigenvalue weighted by molar-refractivity contribution is 0.594. The molecule has 1 atom stereocenters. The Kier molecular flexibility index (Phi) is 5.25. The first-order valence-electron chi connectivity index (χ1n) is 9.23. The van der Waals surface area contributed by atoms with Crippen LogP contribution in [0.15, 0.2) is 35.9 Å². The smallest absolute Gasteiger partial charge is 0.187 e. The highest BCUT2D eigenvalue weighted by molar-refractivity contribution is 7.98. The molecule has 4 rings (SSSR count). The summed E-state index contributed by atoms with van der Waals surface area (Å²) in [6.07, 6.45) is 8.42. The van der Waals surface area contributed by atoms with Crippen LogP contribution in [0.25, 0.3) is 11.3 Å². The Labute approximate surface area is 174 Å². The molecular weight excluding hydrogens is 390 g/mol. The maximum atomic E-state index is 6.49. The van der Waals surface area contributed by atoms with Crippen LogP contribution in [0.5, 0.6) is 0 Å². The van der Waals surface area contributed by atoms with E-state index in [-0.39, 0.29) is 6.04 Å². The number of fused-ring (bicyclic) bond motifs is 1. The van der Waals surface area contributed by atoms with Crippen LogP contribution in [0.2, 0.25) is 5.02 Å². The second-order valence-corrected chi connectivity index (χ2v) is 8.26. The summed E-state index contributed by atoms with van der Waals surface area (Å²) in [4.78, 5) is 20.7. The third kappa shape index (κ3) is 3.47. The van der Waals surface area contributed by atoms with E-state index in [0.29, 0.717) is 5.02 Å². The first-order valence-corrected chi connectivity index (χ1v) is 10.8. The largest absolute Gasteiger partial charge is 0.349 e. The van der Waals surface area contributed by atoms with Gasteiger partial charge in [-0.25, -0.2) is 15.0 Å². The van der Waals surface area contributed by atoms with Gasteiger partial charge >= 0.3 is 0 Å². The fourth-order valence-electron chi connectivity index (χ4n) is 3.72. The molecule has 0 radical (unpaired) electrons. The Hall–Kier alpha value is -2.18. The molecule has 1 aliphatic heterocycles. The lowest BCUT2D eigenvalue weighted by Gasteiger charge is -2.35. The van der Waals surface area contributed by atoms with Gasteiger partial charge in [0, 0.05) is 42.7 Å². The van der Waals surface area contributed by atoms with Crippen LogP contribution in [0.1, 0.15) is 35.3 Å². The van der Waals surface area contributed by atoms with E-state index in [1.165, 1.54) is 0 Å². The van der Waals surface area contributed by atoms with Crippen LogP contribution in [-0.2, 0) is 6.42 Å². The number of thioether (sulfide) groups is 1. The van der Waals surface area contributed by atoms with Crippen molar-refractivity contribution in [1.29, 1.82) is 0 Å². The number of pyridine rings is 2.